The standard InChI is InChI=1S/C20H22N8O5S2/c1-2-33-25-12(15-24-20(22)35-26-15)16(29)23-13-17(30)28-14(19(31)32)11(9-34-18(13)28)8-27-5-3-10(7-21)4-6-27/h3-6,13,18H,2,7-9,21H2,1H3,(H3-,22,23,24,26,29,31,32)/p+1/t13?,18-/m0/s1. The summed E-state index contributed by atoms with van der Waals surface area (Å²) in [6, 6.07) is 2.77. The molecule has 15 heteroatoms. The van der Waals surface area contributed by atoms with Crippen LogP contribution in [0.15, 0.2) is 41.0 Å². The Kier molecular flexibility index (Phi) is 7.28. The summed E-state index contributed by atoms with van der Waals surface area (Å²) in [6.45, 7) is 2.60. The Morgan fingerprint density at radius 2 is 2.14 bits per heavy atom. The summed E-state index contributed by atoms with van der Waals surface area (Å²) in [5, 5.41) is 15.8. The van der Waals surface area contributed by atoms with Crippen molar-refractivity contribution in [2.24, 2.45) is 10.9 Å². The van der Waals surface area contributed by atoms with Gasteiger partial charge in [0.2, 0.25) is 11.5 Å². The van der Waals surface area contributed by atoms with E-state index in [1.807, 2.05) is 29.1 Å². The van der Waals surface area contributed by atoms with E-state index in [0.29, 0.717) is 24.4 Å². The summed E-state index contributed by atoms with van der Waals surface area (Å²) in [5.74, 6) is -2.11. The average molecular weight is 520 g/mol. The monoisotopic (exact) mass is 519 g/mol. The first-order chi connectivity index (χ1) is 16.8. The minimum Gasteiger partial charge on any atom is -0.477 e. The maximum atomic E-state index is 13.0. The number of amides is 2. The van der Waals surface area contributed by atoms with Crippen molar-refractivity contribution in [3.05, 3.63) is 47.2 Å². The Labute approximate surface area is 208 Å². The molecule has 2 aromatic heterocycles. The van der Waals surface area contributed by atoms with Gasteiger partial charge in [-0.2, -0.15) is 9.36 Å². The fourth-order valence-corrected chi connectivity index (χ4v) is 5.38. The number of thioether (sulfide) groups is 1. The van der Waals surface area contributed by atoms with E-state index in [1.54, 1.807) is 6.92 Å². The summed E-state index contributed by atoms with van der Waals surface area (Å²) in [6.07, 6.45) is 3.62. The second-order valence-electron chi connectivity index (χ2n) is 7.51. The molecule has 0 saturated carbocycles. The molecule has 2 aliphatic heterocycles. The number of nitrogens with one attached hydrogen (secondary N) is 1. The van der Waals surface area contributed by atoms with Gasteiger partial charge in [0, 0.05) is 41.5 Å². The molecule has 1 unspecified atom stereocenters. The summed E-state index contributed by atoms with van der Waals surface area (Å²) in [5.41, 5.74) is 12.5. The quantitative estimate of drug-likeness (QED) is 0.139. The lowest BCUT2D eigenvalue weighted by molar-refractivity contribution is -0.689. The van der Waals surface area contributed by atoms with E-state index < -0.39 is 29.2 Å². The SMILES string of the molecule is CCON=C(C(=O)NC1C(=O)N2C(C(=O)O)=C(C[n+]3ccc(CN)cc3)CS[C@@H]12)c1nsc(N)n1. The molecule has 2 amide bonds. The maximum absolute atomic E-state index is 13.0. The minimum absolute atomic E-state index is 0.0236. The molecular formula is C20H23N8O5S2+. The lowest BCUT2D eigenvalue weighted by atomic mass is 10.0. The van der Waals surface area contributed by atoms with Crippen LogP contribution < -0.4 is 21.4 Å². The fourth-order valence-electron chi connectivity index (χ4n) is 3.61. The first-order valence-electron chi connectivity index (χ1n) is 10.5. The van der Waals surface area contributed by atoms with E-state index in [9.17, 15) is 19.5 Å². The summed E-state index contributed by atoms with van der Waals surface area (Å²) >= 11 is 2.26. The molecule has 0 spiro atoms. The molecule has 13 nitrogen and oxygen atoms in total. The Morgan fingerprint density at radius 3 is 2.74 bits per heavy atom. The Balaban J connectivity index is 1.52. The molecule has 35 heavy (non-hydrogen) atoms. The molecule has 4 rings (SSSR count). The van der Waals surface area contributed by atoms with Crippen molar-refractivity contribution in [3.63, 3.8) is 0 Å². The van der Waals surface area contributed by atoms with Gasteiger partial charge in [0.25, 0.3) is 11.8 Å². The highest BCUT2D eigenvalue weighted by atomic mass is 32.2. The number of hydrogen-bond acceptors (Lipinski definition) is 11. The fraction of sp³-hybridized carbons (Fsp3) is 0.350. The van der Waals surface area contributed by atoms with Gasteiger partial charge in [0.05, 0.1) is 0 Å². The first-order valence-corrected chi connectivity index (χ1v) is 12.3. The van der Waals surface area contributed by atoms with Gasteiger partial charge < -0.3 is 26.7 Å². The zero-order chi connectivity index (χ0) is 25.1. The Morgan fingerprint density at radius 1 is 1.40 bits per heavy atom. The van der Waals surface area contributed by atoms with E-state index >= 15 is 0 Å². The number of carbonyl (C=O) groups excluding carboxylic acids is 2. The van der Waals surface area contributed by atoms with Crippen molar-refractivity contribution in [2.45, 2.75) is 31.4 Å². The van der Waals surface area contributed by atoms with Crippen molar-refractivity contribution in [2.75, 3.05) is 18.1 Å². The van der Waals surface area contributed by atoms with E-state index in [-0.39, 0.29) is 29.0 Å². The predicted molar refractivity (Wildman–Crippen MR) is 127 cm³/mol. The zero-order valence-corrected chi connectivity index (χ0v) is 20.2. The molecule has 2 aliphatic rings. The summed E-state index contributed by atoms with van der Waals surface area (Å²) < 4.78 is 5.80. The molecule has 184 valence electrons. The van der Waals surface area contributed by atoms with Crippen LogP contribution in [0.4, 0.5) is 5.13 Å². The van der Waals surface area contributed by atoms with E-state index in [2.05, 4.69) is 19.8 Å². The highest BCUT2D eigenvalue weighted by Crippen LogP contribution is 2.40. The van der Waals surface area contributed by atoms with Crippen LogP contribution in [-0.4, -0.2) is 66.6 Å². The van der Waals surface area contributed by atoms with Gasteiger partial charge in [-0.05, 0) is 12.5 Å². The predicted octanol–water partition coefficient (Wildman–Crippen LogP) is -0.954. The van der Waals surface area contributed by atoms with Crippen LogP contribution in [0.1, 0.15) is 18.3 Å². The number of carbonyl (C=O) groups is 3. The number of β-lactam (4-membered cyclic amide) rings is 1. The van der Waals surface area contributed by atoms with Crippen molar-refractivity contribution in [1.29, 1.82) is 0 Å². The number of aliphatic carboxylic acids is 1. The van der Waals surface area contributed by atoms with Gasteiger partial charge >= 0.3 is 5.97 Å². The molecule has 6 N–H and O–H groups in total. The zero-order valence-electron chi connectivity index (χ0n) is 18.6. The summed E-state index contributed by atoms with van der Waals surface area (Å²) in [7, 11) is 0. The van der Waals surface area contributed by atoms with Gasteiger partial charge in [-0.3, -0.25) is 14.5 Å². The molecule has 0 aliphatic carbocycles. The number of carboxylic acids is 1. The molecule has 0 bridgehead atoms. The molecule has 1 fully saturated rings. The number of nitrogens with two attached hydrogens (primary N) is 2. The second kappa shape index (κ2) is 10.4. The Hall–Kier alpha value is -3.56. The van der Waals surface area contributed by atoms with Crippen LogP contribution in [0, 0.1) is 0 Å². The molecule has 0 radical (unpaired) electrons. The molecule has 1 saturated heterocycles. The number of fused-ring (bicyclic) bond motifs is 1. The van der Waals surface area contributed by atoms with Crippen molar-refractivity contribution in [1.82, 2.24) is 19.6 Å². The molecular weight excluding hydrogens is 496 g/mol. The largest absolute Gasteiger partial charge is 0.477 e. The molecule has 4 heterocycles. The minimum atomic E-state index is -1.21. The van der Waals surface area contributed by atoms with Crippen LogP contribution in [-0.2, 0) is 32.3 Å². The second-order valence-corrected chi connectivity index (χ2v) is 9.40. The van der Waals surface area contributed by atoms with Gasteiger partial charge in [-0.1, -0.05) is 5.16 Å². The van der Waals surface area contributed by atoms with Crippen molar-refractivity contribution in [3.8, 4) is 0 Å². The van der Waals surface area contributed by atoms with Gasteiger partial charge in [0.15, 0.2) is 24.1 Å². The van der Waals surface area contributed by atoms with Crippen LogP contribution in [0.5, 0.6) is 0 Å². The number of hydrogen-bond donors (Lipinski definition) is 4. The van der Waals surface area contributed by atoms with Crippen LogP contribution >= 0.6 is 23.3 Å². The van der Waals surface area contributed by atoms with E-state index in [1.165, 1.54) is 16.7 Å². The number of nitrogens with zero attached hydrogens (tertiary/aromatic N) is 5. The number of carboxylic acid groups (broad SMARTS) is 1. The van der Waals surface area contributed by atoms with Crippen LogP contribution in [0.3, 0.4) is 0 Å². The third kappa shape index (κ3) is 4.96. The summed E-state index contributed by atoms with van der Waals surface area (Å²) in [4.78, 5) is 48.1. The lowest BCUT2D eigenvalue weighted by Gasteiger charge is -2.49. The Bertz CT molecular complexity index is 1210. The maximum Gasteiger partial charge on any atom is 0.352 e. The topological polar surface area (TPSA) is 190 Å². The van der Waals surface area contributed by atoms with Gasteiger partial charge in [0.1, 0.15) is 23.7 Å². The van der Waals surface area contributed by atoms with E-state index in [0.717, 1.165) is 17.1 Å². The number of anilines is 1. The smallest absolute Gasteiger partial charge is 0.352 e. The highest BCUT2D eigenvalue weighted by Gasteiger charge is 2.54. The lowest BCUT2D eigenvalue weighted by Crippen LogP contribution is -2.71. The number of rotatable bonds is 9. The number of oxime groups is 1. The molecule has 2 aromatic rings. The van der Waals surface area contributed by atoms with E-state index in [4.69, 9.17) is 16.3 Å². The van der Waals surface area contributed by atoms with Crippen LogP contribution in [0.2, 0.25) is 0 Å². The third-order valence-corrected chi connectivity index (χ3v) is 7.14. The van der Waals surface area contributed by atoms with Crippen molar-refractivity contribution >= 4 is 51.9 Å². The normalized spacial score (nSPS) is 19.8. The number of aromatic nitrogens is 3. The average Bonchev–Trinajstić information content (AvgIpc) is 3.28. The molecule has 2 atom stereocenters. The third-order valence-electron chi connectivity index (χ3n) is 5.26. The van der Waals surface area contributed by atoms with Gasteiger partial charge in [-0.25, -0.2) is 9.36 Å². The number of nitrogen functional groups attached to an aromatic ring is 1. The van der Waals surface area contributed by atoms with Crippen LogP contribution in [0.25, 0.3) is 0 Å². The van der Waals surface area contributed by atoms with Gasteiger partial charge in [-0.15, -0.1) is 11.8 Å². The first kappa shape index (κ1) is 24.6. The number of pyridine rings is 1. The molecule has 0 aromatic carbocycles. The van der Waals surface area contributed by atoms with Crippen molar-refractivity contribution < 1.29 is 28.9 Å². The highest BCUT2D eigenvalue weighted by molar-refractivity contribution is 8.00.